The molecule has 0 bridgehead atoms. The maximum Gasteiger partial charge on any atom is 0.491 e. The molecule has 2 aromatic rings. The van der Waals surface area contributed by atoms with Gasteiger partial charge in [0.05, 0.1) is 6.61 Å². The molecule has 0 radical (unpaired) electrons. The Balaban J connectivity index is 1.59. The number of urea groups is 1. The van der Waals surface area contributed by atoms with Crippen LogP contribution in [0.4, 0.5) is 10.5 Å². The number of carbonyl (C=O) groups excluding carboxylic acids is 1. The number of rotatable bonds is 3. The van der Waals surface area contributed by atoms with Crippen LogP contribution in [0.1, 0.15) is 11.1 Å². The first-order chi connectivity index (χ1) is 10.2. The standard InChI is InChI=1S/C15H15BN2O3/c19-15(17-9-11-4-2-1-3-5-11)18-13-7-6-12-10-21-16(20)14(12)8-13/h1-8,20H,9-10H2,(H2,17,18,19). The van der Waals surface area contributed by atoms with Crippen LogP contribution >= 0.6 is 0 Å². The summed E-state index contributed by atoms with van der Waals surface area (Å²) in [6.07, 6.45) is 0. The van der Waals surface area contributed by atoms with E-state index in [1.54, 1.807) is 12.1 Å². The van der Waals surface area contributed by atoms with Gasteiger partial charge >= 0.3 is 13.1 Å². The molecule has 3 rings (SSSR count). The van der Waals surface area contributed by atoms with E-state index < -0.39 is 7.12 Å². The van der Waals surface area contributed by atoms with Crippen molar-refractivity contribution in [2.24, 2.45) is 0 Å². The monoisotopic (exact) mass is 282 g/mol. The highest BCUT2D eigenvalue weighted by atomic mass is 16.5. The molecule has 0 unspecified atom stereocenters. The average molecular weight is 282 g/mol. The number of fused-ring (bicyclic) bond motifs is 1. The first-order valence-electron chi connectivity index (χ1n) is 6.73. The lowest BCUT2D eigenvalue weighted by molar-refractivity contribution is 0.251. The van der Waals surface area contributed by atoms with Gasteiger partial charge in [0, 0.05) is 12.2 Å². The van der Waals surface area contributed by atoms with E-state index in [0.717, 1.165) is 11.1 Å². The van der Waals surface area contributed by atoms with E-state index in [1.165, 1.54) is 0 Å². The van der Waals surface area contributed by atoms with E-state index in [0.29, 0.717) is 24.3 Å². The van der Waals surface area contributed by atoms with Gasteiger partial charge in [-0.25, -0.2) is 4.79 Å². The van der Waals surface area contributed by atoms with E-state index in [9.17, 15) is 9.82 Å². The summed E-state index contributed by atoms with van der Waals surface area (Å²) in [4.78, 5) is 11.9. The molecule has 0 aliphatic carbocycles. The van der Waals surface area contributed by atoms with Crippen molar-refractivity contribution >= 4 is 24.3 Å². The van der Waals surface area contributed by atoms with E-state index >= 15 is 0 Å². The number of nitrogens with one attached hydrogen (secondary N) is 2. The Hall–Kier alpha value is -2.31. The normalized spacial score (nSPS) is 12.9. The summed E-state index contributed by atoms with van der Waals surface area (Å²) in [6.45, 7) is 0.861. The second-order valence-electron chi connectivity index (χ2n) is 4.87. The van der Waals surface area contributed by atoms with Crippen molar-refractivity contribution in [3.63, 3.8) is 0 Å². The number of hydrogen-bond donors (Lipinski definition) is 3. The van der Waals surface area contributed by atoms with Gasteiger partial charge in [-0.2, -0.15) is 0 Å². The molecule has 0 spiro atoms. The van der Waals surface area contributed by atoms with Gasteiger partial charge in [-0.1, -0.05) is 36.4 Å². The molecular weight excluding hydrogens is 267 g/mol. The molecule has 5 nitrogen and oxygen atoms in total. The zero-order chi connectivity index (χ0) is 14.7. The molecule has 3 N–H and O–H groups in total. The van der Waals surface area contributed by atoms with Crippen LogP contribution in [0.25, 0.3) is 0 Å². The lowest BCUT2D eigenvalue weighted by Crippen LogP contribution is -2.31. The van der Waals surface area contributed by atoms with Gasteiger partial charge in [-0.3, -0.25) is 0 Å². The van der Waals surface area contributed by atoms with Crippen molar-refractivity contribution in [3.05, 3.63) is 59.7 Å². The van der Waals surface area contributed by atoms with Crippen LogP contribution in [0.15, 0.2) is 48.5 Å². The van der Waals surface area contributed by atoms with E-state index in [1.807, 2.05) is 36.4 Å². The highest BCUT2D eigenvalue weighted by Gasteiger charge is 2.27. The lowest BCUT2D eigenvalue weighted by Gasteiger charge is -2.09. The summed E-state index contributed by atoms with van der Waals surface area (Å²) in [5, 5.41) is 15.2. The second kappa shape index (κ2) is 5.99. The third kappa shape index (κ3) is 3.24. The first kappa shape index (κ1) is 13.7. The number of amides is 2. The molecule has 1 heterocycles. The fourth-order valence-corrected chi connectivity index (χ4v) is 2.25. The largest absolute Gasteiger partial charge is 0.491 e. The van der Waals surface area contributed by atoms with Crippen LogP contribution in [0.3, 0.4) is 0 Å². The summed E-state index contributed by atoms with van der Waals surface area (Å²) in [5.74, 6) is 0. The van der Waals surface area contributed by atoms with Crippen LogP contribution in [-0.4, -0.2) is 18.2 Å². The number of anilines is 1. The van der Waals surface area contributed by atoms with Crippen molar-refractivity contribution in [3.8, 4) is 0 Å². The topological polar surface area (TPSA) is 70.6 Å². The quantitative estimate of drug-likeness (QED) is 0.741. The molecule has 0 fully saturated rings. The van der Waals surface area contributed by atoms with Gasteiger partial charge in [0.2, 0.25) is 0 Å². The van der Waals surface area contributed by atoms with E-state index in [-0.39, 0.29) is 6.03 Å². The summed E-state index contributed by atoms with van der Waals surface area (Å²) in [6, 6.07) is 14.8. The molecule has 0 saturated carbocycles. The molecule has 6 heteroatoms. The van der Waals surface area contributed by atoms with Crippen molar-refractivity contribution < 1.29 is 14.5 Å². The molecular formula is C15H15BN2O3. The Bertz CT molecular complexity index is 649. The van der Waals surface area contributed by atoms with Gasteiger partial charge in [0.1, 0.15) is 0 Å². The summed E-state index contributed by atoms with van der Waals surface area (Å²) < 4.78 is 5.12. The molecule has 0 saturated heterocycles. The Labute approximate surface area is 123 Å². The molecule has 1 aliphatic heterocycles. The third-order valence-electron chi connectivity index (χ3n) is 3.36. The van der Waals surface area contributed by atoms with Gasteiger partial charge in [0.25, 0.3) is 0 Å². The van der Waals surface area contributed by atoms with Crippen LogP contribution < -0.4 is 16.1 Å². The Morgan fingerprint density at radius 1 is 1.24 bits per heavy atom. The fourth-order valence-electron chi connectivity index (χ4n) is 2.25. The van der Waals surface area contributed by atoms with Crippen LogP contribution in [0.2, 0.25) is 0 Å². The Kier molecular flexibility index (Phi) is 3.90. The lowest BCUT2D eigenvalue weighted by atomic mass is 9.79. The third-order valence-corrected chi connectivity index (χ3v) is 3.36. The molecule has 0 atom stereocenters. The molecule has 1 aliphatic rings. The number of hydrogen-bond acceptors (Lipinski definition) is 3. The molecule has 106 valence electrons. The van der Waals surface area contributed by atoms with Crippen molar-refractivity contribution in [2.45, 2.75) is 13.2 Å². The zero-order valence-electron chi connectivity index (χ0n) is 11.4. The van der Waals surface area contributed by atoms with Crippen molar-refractivity contribution in [1.82, 2.24) is 5.32 Å². The highest BCUT2D eigenvalue weighted by Crippen LogP contribution is 2.14. The van der Waals surface area contributed by atoms with E-state index in [4.69, 9.17) is 4.65 Å². The second-order valence-corrected chi connectivity index (χ2v) is 4.87. The number of benzene rings is 2. The fraction of sp³-hybridized carbons (Fsp3) is 0.133. The van der Waals surface area contributed by atoms with Crippen LogP contribution in [-0.2, 0) is 17.8 Å². The summed E-state index contributed by atoms with van der Waals surface area (Å²) in [5.41, 5.74) is 3.31. The van der Waals surface area contributed by atoms with Gasteiger partial charge < -0.3 is 20.3 Å². The minimum absolute atomic E-state index is 0.285. The minimum Gasteiger partial charge on any atom is -0.423 e. The van der Waals surface area contributed by atoms with Crippen LogP contribution in [0, 0.1) is 0 Å². The SMILES string of the molecule is O=C(NCc1ccccc1)Nc1ccc2c(c1)B(O)OC2. The maximum absolute atomic E-state index is 11.9. The summed E-state index contributed by atoms with van der Waals surface area (Å²) in [7, 11) is -0.908. The minimum atomic E-state index is -0.908. The van der Waals surface area contributed by atoms with Crippen molar-refractivity contribution in [2.75, 3.05) is 5.32 Å². The molecule has 2 amide bonds. The van der Waals surface area contributed by atoms with Crippen LogP contribution in [0.5, 0.6) is 0 Å². The molecule has 2 aromatic carbocycles. The Morgan fingerprint density at radius 3 is 2.86 bits per heavy atom. The average Bonchev–Trinajstić information content (AvgIpc) is 2.87. The molecule has 21 heavy (non-hydrogen) atoms. The van der Waals surface area contributed by atoms with E-state index in [2.05, 4.69) is 10.6 Å². The predicted octanol–water partition coefficient (Wildman–Crippen LogP) is 1.23. The van der Waals surface area contributed by atoms with Gasteiger partial charge in [-0.05, 0) is 28.7 Å². The maximum atomic E-state index is 11.9. The molecule has 0 aromatic heterocycles. The van der Waals surface area contributed by atoms with Crippen molar-refractivity contribution in [1.29, 1.82) is 0 Å². The predicted molar refractivity (Wildman–Crippen MR) is 81.1 cm³/mol. The first-order valence-corrected chi connectivity index (χ1v) is 6.73. The highest BCUT2D eigenvalue weighted by molar-refractivity contribution is 6.61. The van der Waals surface area contributed by atoms with Gasteiger partial charge in [0.15, 0.2) is 0 Å². The van der Waals surface area contributed by atoms with Gasteiger partial charge in [-0.15, -0.1) is 0 Å². The summed E-state index contributed by atoms with van der Waals surface area (Å²) >= 11 is 0. The zero-order valence-corrected chi connectivity index (χ0v) is 11.4. The smallest absolute Gasteiger partial charge is 0.423 e. The Morgan fingerprint density at radius 2 is 2.05 bits per heavy atom. The number of carbonyl (C=O) groups is 1.